The number of phosphoric ester groups is 1. The van der Waals surface area contributed by atoms with E-state index < -0.39 is 45.1 Å². The summed E-state index contributed by atoms with van der Waals surface area (Å²) in [6.07, 6.45) is -8.61. The van der Waals surface area contributed by atoms with Crippen molar-refractivity contribution in [3.05, 3.63) is 0 Å². The standard InChI is InChI=1S/C6H13O9P.2K/c7-1-2-3(8)4(9)5(10)6(14-2)15-16(11,12)13;;/h2-10H,1H2,(H2,11,12,13);;/q;2*+1/p-2/t2-,3-,4+,5+,6-;;/m1../s1. The maximum atomic E-state index is 10.3. The third-order valence-electron chi connectivity index (χ3n) is 2.08. The van der Waals surface area contributed by atoms with E-state index in [-0.39, 0.29) is 103 Å². The van der Waals surface area contributed by atoms with Crippen LogP contribution in [0.1, 0.15) is 0 Å². The Labute approximate surface area is 188 Å². The first-order chi connectivity index (χ1) is 7.26. The van der Waals surface area contributed by atoms with Crippen molar-refractivity contribution in [2.45, 2.75) is 30.7 Å². The Balaban J connectivity index is 0. The maximum absolute atomic E-state index is 10.3. The number of aliphatic hydroxyl groups is 4. The first-order valence-corrected chi connectivity index (χ1v) is 5.73. The average molecular weight is 336 g/mol. The van der Waals surface area contributed by atoms with Gasteiger partial charge in [0.25, 0.3) is 0 Å². The fraction of sp³-hybridized carbons (Fsp3) is 1.00. The van der Waals surface area contributed by atoms with Crippen LogP contribution in [0.4, 0.5) is 0 Å². The number of rotatable bonds is 3. The zero-order chi connectivity index (χ0) is 12.5. The number of aliphatic hydroxyl groups excluding tert-OH is 4. The fourth-order valence-corrected chi connectivity index (χ4v) is 1.71. The van der Waals surface area contributed by atoms with Gasteiger partial charge in [0.15, 0.2) is 6.29 Å². The maximum Gasteiger partial charge on any atom is 1.00 e. The Kier molecular flexibility index (Phi) is 13.1. The van der Waals surface area contributed by atoms with E-state index in [1.54, 1.807) is 0 Å². The van der Waals surface area contributed by atoms with Crippen LogP contribution >= 0.6 is 7.82 Å². The summed E-state index contributed by atoms with van der Waals surface area (Å²) < 4.78 is 18.7. The number of hydrogen-bond acceptors (Lipinski definition) is 9. The molecule has 1 saturated heterocycles. The van der Waals surface area contributed by atoms with E-state index in [4.69, 9.17) is 5.11 Å². The molecular weight excluding hydrogens is 325 g/mol. The summed E-state index contributed by atoms with van der Waals surface area (Å²) in [5.41, 5.74) is 0. The molecule has 0 unspecified atom stereocenters. The normalized spacial score (nSPS) is 36.4. The molecule has 0 radical (unpaired) electrons. The Morgan fingerprint density at radius 1 is 1.11 bits per heavy atom. The SMILES string of the molecule is O=P([O-])([O-])O[C@H]1O[C@H](CO)[C@@H](O)[C@H](O)[C@@H]1O.[K+].[K+]. The summed E-state index contributed by atoms with van der Waals surface area (Å²) in [6.45, 7) is -0.743. The van der Waals surface area contributed by atoms with E-state index in [9.17, 15) is 29.7 Å². The Morgan fingerprint density at radius 3 is 2.00 bits per heavy atom. The summed E-state index contributed by atoms with van der Waals surface area (Å²) in [6, 6.07) is 0. The minimum atomic E-state index is -5.41. The van der Waals surface area contributed by atoms with Crippen molar-refractivity contribution in [3.63, 3.8) is 0 Å². The van der Waals surface area contributed by atoms with Crippen LogP contribution in [0.5, 0.6) is 0 Å². The molecule has 0 spiro atoms. The van der Waals surface area contributed by atoms with Crippen molar-refractivity contribution in [2.24, 2.45) is 0 Å². The van der Waals surface area contributed by atoms with Gasteiger partial charge in [-0.2, -0.15) is 0 Å². The van der Waals surface area contributed by atoms with Crippen LogP contribution in [0.2, 0.25) is 0 Å². The van der Waals surface area contributed by atoms with Gasteiger partial charge in [0.1, 0.15) is 24.4 Å². The molecule has 0 aromatic heterocycles. The largest absolute Gasteiger partial charge is 1.00 e. The summed E-state index contributed by atoms with van der Waals surface area (Å²) >= 11 is 0. The van der Waals surface area contributed by atoms with E-state index in [0.29, 0.717) is 0 Å². The zero-order valence-electron chi connectivity index (χ0n) is 9.87. The predicted molar refractivity (Wildman–Crippen MR) is 42.5 cm³/mol. The van der Waals surface area contributed by atoms with Gasteiger partial charge >= 0.3 is 103 Å². The van der Waals surface area contributed by atoms with Gasteiger partial charge in [-0.15, -0.1) is 0 Å². The Morgan fingerprint density at radius 2 is 1.61 bits per heavy atom. The van der Waals surface area contributed by atoms with Gasteiger partial charge in [-0.05, 0) is 0 Å². The van der Waals surface area contributed by atoms with E-state index in [1.165, 1.54) is 0 Å². The van der Waals surface area contributed by atoms with Crippen LogP contribution in [0.3, 0.4) is 0 Å². The zero-order valence-corrected chi connectivity index (χ0v) is 17.0. The van der Waals surface area contributed by atoms with Gasteiger partial charge in [0.2, 0.25) is 0 Å². The molecule has 96 valence electrons. The summed E-state index contributed by atoms with van der Waals surface area (Å²) in [7, 11) is -5.41. The molecule has 0 saturated carbocycles. The second kappa shape index (κ2) is 10.1. The van der Waals surface area contributed by atoms with Crippen LogP contribution in [0.25, 0.3) is 0 Å². The van der Waals surface area contributed by atoms with Crippen LogP contribution in [0.15, 0.2) is 0 Å². The molecule has 12 heteroatoms. The first kappa shape index (κ1) is 23.4. The van der Waals surface area contributed by atoms with E-state index in [0.717, 1.165) is 0 Å². The molecule has 1 aliphatic rings. The molecule has 0 bridgehead atoms. The molecule has 4 N–H and O–H groups in total. The molecule has 1 rings (SSSR count). The van der Waals surface area contributed by atoms with Crippen LogP contribution in [-0.2, 0) is 13.8 Å². The van der Waals surface area contributed by atoms with Gasteiger partial charge in [-0.3, -0.25) is 0 Å². The summed E-state index contributed by atoms with van der Waals surface area (Å²) in [4.78, 5) is 20.6. The van der Waals surface area contributed by atoms with Crippen LogP contribution in [0, 0.1) is 0 Å². The van der Waals surface area contributed by atoms with Gasteiger partial charge in [-0.1, -0.05) is 0 Å². The molecule has 1 aliphatic heterocycles. The van der Waals surface area contributed by atoms with E-state index in [2.05, 4.69) is 9.26 Å². The molecule has 0 aromatic carbocycles. The molecule has 0 amide bonds. The van der Waals surface area contributed by atoms with Crippen molar-refractivity contribution in [1.29, 1.82) is 0 Å². The van der Waals surface area contributed by atoms with Gasteiger partial charge < -0.3 is 44.0 Å². The third kappa shape index (κ3) is 6.96. The van der Waals surface area contributed by atoms with Crippen molar-refractivity contribution >= 4 is 7.82 Å². The second-order valence-corrected chi connectivity index (χ2v) is 4.36. The monoisotopic (exact) mass is 336 g/mol. The van der Waals surface area contributed by atoms with Crippen LogP contribution < -0.4 is 113 Å². The van der Waals surface area contributed by atoms with Gasteiger partial charge in [0, 0.05) is 0 Å². The molecule has 0 aromatic rings. The smallest absolute Gasteiger partial charge is 0.790 e. The number of phosphoric acid groups is 1. The Hall–Kier alpha value is 3.18. The van der Waals surface area contributed by atoms with E-state index >= 15 is 0 Å². The molecule has 5 atom stereocenters. The minimum Gasteiger partial charge on any atom is -0.790 e. The number of hydrogen-bond donors (Lipinski definition) is 4. The topological polar surface area (TPSA) is 163 Å². The quantitative estimate of drug-likeness (QED) is 0.289. The van der Waals surface area contributed by atoms with Crippen LogP contribution in [-0.4, -0.2) is 57.7 Å². The number of ether oxygens (including phenoxy) is 1. The average Bonchev–Trinajstić information content (AvgIpc) is 2.17. The summed E-state index contributed by atoms with van der Waals surface area (Å²) in [5.74, 6) is 0. The molecule has 18 heavy (non-hydrogen) atoms. The minimum absolute atomic E-state index is 0. The van der Waals surface area contributed by atoms with Crippen molar-refractivity contribution in [3.8, 4) is 0 Å². The van der Waals surface area contributed by atoms with Gasteiger partial charge in [-0.25, -0.2) is 0 Å². The van der Waals surface area contributed by atoms with Crippen molar-refractivity contribution < 1.29 is 147 Å². The molecule has 9 nitrogen and oxygen atoms in total. The fourth-order valence-electron chi connectivity index (χ4n) is 1.28. The molecule has 1 fully saturated rings. The van der Waals surface area contributed by atoms with Crippen molar-refractivity contribution in [1.82, 2.24) is 0 Å². The molecular formula is C6H11K2O9P. The van der Waals surface area contributed by atoms with E-state index in [1.807, 2.05) is 0 Å². The first-order valence-electron chi connectivity index (χ1n) is 4.27. The van der Waals surface area contributed by atoms with Gasteiger partial charge in [0.05, 0.1) is 14.4 Å². The predicted octanol–water partition coefficient (Wildman–Crippen LogP) is -10.4. The second-order valence-electron chi connectivity index (χ2n) is 3.25. The Bertz CT molecular complexity index is 284. The third-order valence-corrected chi connectivity index (χ3v) is 2.55. The molecule has 1 heterocycles. The molecule has 0 aliphatic carbocycles. The summed E-state index contributed by atoms with van der Waals surface area (Å²) in [5, 5.41) is 36.5. The van der Waals surface area contributed by atoms with Crippen molar-refractivity contribution in [2.75, 3.05) is 6.61 Å².